The van der Waals surface area contributed by atoms with Crippen molar-refractivity contribution in [2.24, 2.45) is 11.8 Å². The fourth-order valence-electron chi connectivity index (χ4n) is 2.94. The van der Waals surface area contributed by atoms with E-state index in [4.69, 9.17) is 4.43 Å². The van der Waals surface area contributed by atoms with Gasteiger partial charge >= 0.3 is 0 Å². The molecule has 1 aromatic rings. The molecule has 0 fully saturated rings. The highest BCUT2D eigenvalue weighted by Gasteiger charge is 2.36. The molecule has 0 unspecified atom stereocenters. The number of aryl methyl sites for hydroxylation is 1. The molecule has 1 aromatic carbocycles. The summed E-state index contributed by atoms with van der Waals surface area (Å²) >= 11 is 0. The Hall–Kier alpha value is -0.763. The third kappa shape index (κ3) is 5.39. The summed E-state index contributed by atoms with van der Waals surface area (Å²) in [4.78, 5) is 0. The molecule has 0 aliphatic carbocycles. The van der Waals surface area contributed by atoms with Gasteiger partial charge in [0.25, 0.3) is 8.32 Å². The summed E-state index contributed by atoms with van der Waals surface area (Å²) in [5.74, 6) is 2.51. The third-order valence-electron chi connectivity index (χ3n) is 3.53. The fraction of sp³-hybridized carbons (Fsp3) is 0.647. The van der Waals surface area contributed by atoms with Gasteiger partial charge in [0, 0.05) is 0 Å². The van der Waals surface area contributed by atoms with Gasteiger partial charge in [-0.3, -0.25) is 0 Å². The monoisotopic (exact) mass is 278 g/mol. The SMILES string of the molecule is CC[Si](CC(C)C)(CC(C)C)Oc1cccc(C)c1. The van der Waals surface area contributed by atoms with Crippen molar-refractivity contribution in [1.29, 1.82) is 0 Å². The summed E-state index contributed by atoms with van der Waals surface area (Å²) in [6, 6.07) is 12.3. The second kappa shape index (κ2) is 7.13. The molecule has 0 heterocycles. The van der Waals surface area contributed by atoms with Crippen LogP contribution in [0.25, 0.3) is 0 Å². The predicted molar refractivity (Wildman–Crippen MR) is 87.3 cm³/mol. The van der Waals surface area contributed by atoms with Crippen molar-refractivity contribution in [3.63, 3.8) is 0 Å². The predicted octanol–water partition coefficient (Wildman–Crippen LogP) is 5.65. The lowest BCUT2D eigenvalue weighted by molar-refractivity contribution is 0.491. The van der Waals surface area contributed by atoms with Gasteiger partial charge in [0.05, 0.1) is 0 Å². The maximum absolute atomic E-state index is 6.59. The Bertz CT molecular complexity index is 375. The molecule has 1 nitrogen and oxygen atoms in total. The minimum atomic E-state index is -1.66. The molecule has 0 bridgehead atoms. The van der Waals surface area contributed by atoms with Gasteiger partial charge in [-0.05, 0) is 54.6 Å². The smallest absolute Gasteiger partial charge is 0.251 e. The minimum absolute atomic E-state index is 0.718. The van der Waals surface area contributed by atoms with Crippen molar-refractivity contribution >= 4 is 8.32 Å². The summed E-state index contributed by atoms with van der Waals surface area (Å²) in [7, 11) is -1.66. The Labute approximate surface area is 120 Å². The zero-order valence-electron chi connectivity index (χ0n) is 13.5. The molecular weight excluding hydrogens is 248 g/mol. The van der Waals surface area contributed by atoms with E-state index in [2.05, 4.69) is 65.8 Å². The van der Waals surface area contributed by atoms with Crippen molar-refractivity contribution < 1.29 is 4.43 Å². The Morgan fingerprint density at radius 2 is 1.63 bits per heavy atom. The van der Waals surface area contributed by atoms with Crippen molar-refractivity contribution in [2.45, 2.75) is 59.7 Å². The molecule has 0 aromatic heterocycles. The van der Waals surface area contributed by atoms with Crippen LogP contribution in [0.3, 0.4) is 0 Å². The van der Waals surface area contributed by atoms with Crippen LogP contribution in [0.1, 0.15) is 40.2 Å². The molecule has 0 atom stereocenters. The first-order chi connectivity index (χ1) is 8.87. The van der Waals surface area contributed by atoms with Crippen molar-refractivity contribution in [2.75, 3.05) is 0 Å². The lowest BCUT2D eigenvalue weighted by Gasteiger charge is -2.34. The summed E-state index contributed by atoms with van der Waals surface area (Å²) in [5, 5.41) is 0. The summed E-state index contributed by atoms with van der Waals surface area (Å²) < 4.78 is 6.59. The van der Waals surface area contributed by atoms with Crippen LogP contribution in [-0.2, 0) is 0 Å². The molecule has 108 valence electrons. The van der Waals surface area contributed by atoms with Crippen LogP contribution in [0, 0.1) is 18.8 Å². The van der Waals surface area contributed by atoms with Gasteiger partial charge in [0.1, 0.15) is 5.75 Å². The normalized spacial score (nSPS) is 12.2. The van der Waals surface area contributed by atoms with Gasteiger partial charge in [-0.15, -0.1) is 0 Å². The fourth-order valence-corrected chi connectivity index (χ4v) is 7.60. The van der Waals surface area contributed by atoms with Crippen molar-refractivity contribution in [3.05, 3.63) is 29.8 Å². The molecular formula is C17H30OSi. The van der Waals surface area contributed by atoms with Crippen LogP contribution in [0.5, 0.6) is 5.75 Å². The third-order valence-corrected chi connectivity index (χ3v) is 8.61. The number of hydrogen-bond donors (Lipinski definition) is 0. The van der Waals surface area contributed by atoms with E-state index in [0.717, 1.165) is 17.6 Å². The highest BCUT2D eigenvalue weighted by Crippen LogP contribution is 2.31. The standard InChI is InChI=1S/C17H30OSi/c1-7-19(12-14(2)3,13-15(4)5)18-17-10-8-9-16(6)11-17/h8-11,14-15H,7,12-13H2,1-6H3. The molecule has 0 radical (unpaired) electrons. The van der Waals surface area contributed by atoms with Gasteiger partial charge < -0.3 is 4.43 Å². The van der Waals surface area contributed by atoms with Gasteiger partial charge in [0.2, 0.25) is 0 Å². The molecule has 0 saturated heterocycles. The second-order valence-electron chi connectivity index (χ2n) is 6.65. The van der Waals surface area contributed by atoms with Crippen LogP contribution in [0.15, 0.2) is 24.3 Å². The number of hydrogen-bond acceptors (Lipinski definition) is 1. The maximum Gasteiger partial charge on any atom is 0.251 e. The Morgan fingerprint density at radius 3 is 2.05 bits per heavy atom. The molecule has 0 amide bonds. The topological polar surface area (TPSA) is 9.23 Å². The van der Waals surface area contributed by atoms with Crippen LogP contribution in [0.2, 0.25) is 18.1 Å². The quantitative estimate of drug-likeness (QED) is 0.585. The molecule has 19 heavy (non-hydrogen) atoms. The van der Waals surface area contributed by atoms with E-state index in [1.165, 1.54) is 23.7 Å². The largest absolute Gasteiger partial charge is 0.543 e. The highest BCUT2D eigenvalue weighted by atomic mass is 28.4. The summed E-state index contributed by atoms with van der Waals surface area (Å²) in [6.07, 6.45) is 0. The van der Waals surface area contributed by atoms with Gasteiger partial charge in [-0.1, -0.05) is 46.8 Å². The van der Waals surface area contributed by atoms with E-state index in [-0.39, 0.29) is 0 Å². The molecule has 1 rings (SSSR count). The zero-order valence-corrected chi connectivity index (χ0v) is 14.5. The molecule has 0 spiro atoms. The minimum Gasteiger partial charge on any atom is -0.543 e. The maximum atomic E-state index is 6.59. The van der Waals surface area contributed by atoms with E-state index in [9.17, 15) is 0 Å². The number of rotatable bonds is 7. The van der Waals surface area contributed by atoms with Gasteiger partial charge in [-0.2, -0.15) is 0 Å². The van der Waals surface area contributed by atoms with Crippen LogP contribution in [0.4, 0.5) is 0 Å². The molecule has 0 saturated carbocycles. The van der Waals surface area contributed by atoms with Crippen molar-refractivity contribution in [3.8, 4) is 5.75 Å². The molecule has 2 heteroatoms. The van der Waals surface area contributed by atoms with Crippen molar-refractivity contribution in [1.82, 2.24) is 0 Å². The Balaban J connectivity index is 2.94. The lowest BCUT2D eigenvalue weighted by Crippen LogP contribution is -2.43. The lowest BCUT2D eigenvalue weighted by atomic mass is 10.2. The van der Waals surface area contributed by atoms with Crippen LogP contribution in [-0.4, -0.2) is 8.32 Å². The Morgan fingerprint density at radius 1 is 1.05 bits per heavy atom. The van der Waals surface area contributed by atoms with Gasteiger partial charge in [-0.25, -0.2) is 0 Å². The number of benzene rings is 1. The first-order valence-electron chi connectivity index (χ1n) is 7.62. The molecule has 0 aliphatic heterocycles. The van der Waals surface area contributed by atoms with Gasteiger partial charge in [0.15, 0.2) is 0 Å². The second-order valence-corrected chi connectivity index (χ2v) is 10.7. The molecule has 0 N–H and O–H groups in total. The summed E-state index contributed by atoms with van der Waals surface area (Å²) in [6.45, 7) is 13.7. The van der Waals surface area contributed by atoms with E-state index in [1.807, 2.05) is 0 Å². The molecule has 0 aliphatic rings. The summed E-state index contributed by atoms with van der Waals surface area (Å²) in [5.41, 5.74) is 1.28. The van der Waals surface area contributed by atoms with E-state index < -0.39 is 8.32 Å². The highest BCUT2D eigenvalue weighted by molar-refractivity contribution is 6.74. The van der Waals surface area contributed by atoms with E-state index in [1.54, 1.807) is 0 Å². The zero-order chi connectivity index (χ0) is 14.5. The first-order valence-corrected chi connectivity index (χ1v) is 10.2. The van der Waals surface area contributed by atoms with E-state index in [0.29, 0.717) is 0 Å². The van der Waals surface area contributed by atoms with E-state index >= 15 is 0 Å². The average Bonchev–Trinajstić information content (AvgIpc) is 2.26. The van der Waals surface area contributed by atoms with Crippen LogP contribution >= 0.6 is 0 Å². The first kappa shape index (κ1) is 16.3. The average molecular weight is 279 g/mol. The van der Waals surface area contributed by atoms with Crippen LogP contribution < -0.4 is 4.43 Å². The Kier molecular flexibility index (Phi) is 6.12.